The van der Waals surface area contributed by atoms with Crippen molar-refractivity contribution in [2.75, 3.05) is 19.6 Å². The Hall–Kier alpha value is -2.05. The maximum atomic E-state index is 12.2. The third-order valence-electron chi connectivity index (χ3n) is 4.69. The van der Waals surface area contributed by atoms with Crippen molar-refractivity contribution in [2.24, 2.45) is 5.41 Å². The Morgan fingerprint density at radius 2 is 2.27 bits per heavy atom. The number of nitrogens with one attached hydrogen (secondary N) is 2. The van der Waals surface area contributed by atoms with Gasteiger partial charge in [0.25, 0.3) is 0 Å². The molecule has 0 aliphatic carbocycles. The van der Waals surface area contributed by atoms with Crippen molar-refractivity contribution < 1.29 is 14.1 Å². The maximum absolute atomic E-state index is 12.2. The third-order valence-corrected chi connectivity index (χ3v) is 4.69. The summed E-state index contributed by atoms with van der Waals surface area (Å²) in [5.41, 5.74) is 0.956. The van der Waals surface area contributed by atoms with E-state index in [1.165, 1.54) is 0 Å². The van der Waals surface area contributed by atoms with Crippen LogP contribution in [0.3, 0.4) is 0 Å². The van der Waals surface area contributed by atoms with Gasteiger partial charge < -0.3 is 20.1 Å². The van der Waals surface area contributed by atoms with Crippen molar-refractivity contribution in [1.29, 1.82) is 0 Å². The predicted molar refractivity (Wildman–Crippen MR) is 79.0 cm³/mol. The molecular weight excluding hydrogens is 284 g/mol. The lowest BCUT2D eigenvalue weighted by molar-refractivity contribution is -0.119. The van der Waals surface area contributed by atoms with Crippen molar-refractivity contribution in [2.45, 2.75) is 39.2 Å². The summed E-state index contributed by atoms with van der Waals surface area (Å²) in [6, 6.07) is 1.78. The van der Waals surface area contributed by atoms with E-state index in [2.05, 4.69) is 15.8 Å². The van der Waals surface area contributed by atoms with Crippen LogP contribution in [0.1, 0.15) is 37.6 Å². The second-order valence-corrected chi connectivity index (χ2v) is 6.24. The van der Waals surface area contributed by atoms with Crippen molar-refractivity contribution in [3.63, 3.8) is 0 Å². The molecule has 120 valence electrons. The number of aromatic nitrogens is 1. The lowest BCUT2D eigenvalue weighted by atomic mass is 9.78. The smallest absolute Gasteiger partial charge is 0.317 e. The Morgan fingerprint density at radius 1 is 1.50 bits per heavy atom. The molecule has 1 aromatic rings. The molecule has 2 aliphatic rings. The van der Waals surface area contributed by atoms with E-state index in [0.717, 1.165) is 31.5 Å². The Morgan fingerprint density at radius 3 is 2.86 bits per heavy atom. The minimum Gasteiger partial charge on any atom is -0.359 e. The molecule has 22 heavy (non-hydrogen) atoms. The van der Waals surface area contributed by atoms with Gasteiger partial charge in [-0.25, -0.2) is 4.79 Å². The molecule has 0 aromatic carbocycles. The number of carbonyl (C=O) groups is 2. The molecule has 2 saturated heterocycles. The monoisotopic (exact) mass is 306 g/mol. The molecule has 0 unspecified atom stereocenters. The van der Waals surface area contributed by atoms with Crippen molar-refractivity contribution in [1.82, 2.24) is 20.7 Å². The number of nitrogens with zero attached hydrogens (tertiary/aromatic N) is 2. The summed E-state index contributed by atoms with van der Waals surface area (Å²) in [5.74, 6) is 0.805. The van der Waals surface area contributed by atoms with E-state index in [1.807, 2.05) is 17.9 Å². The van der Waals surface area contributed by atoms with Gasteiger partial charge in [0.05, 0.1) is 12.2 Å². The van der Waals surface area contributed by atoms with Crippen LogP contribution in [0.15, 0.2) is 10.6 Å². The second-order valence-electron chi connectivity index (χ2n) is 6.24. The van der Waals surface area contributed by atoms with Gasteiger partial charge in [-0.15, -0.1) is 0 Å². The van der Waals surface area contributed by atoms with Gasteiger partial charge in [0.15, 0.2) is 5.76 Å². The molecule has 0 atom stereocenters. The van der Waals surface area contributed by atoms with Crippen LogP contribution < -0.4 is 10.6 Å². The minimum absolute atomic E-state index is 0.0643. The molecule has 2 N–H and O–H groups in total. The molecule has 1 aromatic heterocycles. The molecule has 0 bridgehead atoms. The number of aryl methyl sites for hydroxylation is 1. The van der Waals surface area contributed by atoms with Crippen LogP contribution >= 0.6 is 0 Å². The Balaban J connectivity index is 1.46. The van der Waals surface area contributed by atoms with Crippen LogP contribution in [0.2, 0.25) is 0 Å². The van der Waals surface area contributed by atoms with Gasteiger partial charge in [-0.05, 0) is 24.7 Å². The zero-order valence-electron chi connectivity index (χ0n) is 12.9. The molecule has 3 amide bonds. The molecule has 2 aliphatic heterocycles. The fraction of sp³-hybridized carbons (Fsp3) is 0.667. The van der Waals surface area contributed by atoms with E-state index in [1.54, 1.807) is 0 Å². The van der Waals surface area contributed by atoms with Crippen LogP contribution in [-0.4, -0.2) is 41.6 Å². The fourth-order valence-electron chi connectivity index (χ4n) is 3.17. The summed E-state index contributed by atoms with van der Waals surface area (Å²) in [6.07, 6.45) is 3.17. The van der Waals surface area contributed by atoms with Gasteiger partial charge in [0.1, 0.15) is 0 Å². The van der Waals surface area contributed by atoms with Gasteiger partial charge in [0, 0.05) is 32.1 Å². The third kappa shape index (κ3) is 3.08. The summed E-state index contributed by atoms with van der Waals surface area (Å²) in [4.78, 5) is 25.4. The highest BCUT2D eigenvalue weighted by molar-refractivity contribution is 5.79. The van der Waals surface area contributed by atoms with Gasteiger partial charge in [-0.2, -0.15) is 0 Å². The Kier molecular flexibility index (Phi) is 4.04. The van der Waals surface area contributed by atoms with Gasteiger partial charge >= 0.3 is 6.03 Å². The number of urea groups is 1. The molecule has 3 rings (SSSR count). The number of hydrogen-bond acceptors (Lipinski definition) is 4. The number of carbonyl (C=O) groups excluding carboxylic acids is 2. The van der Waals surface area contributed by atoms with E-state index in [-0.39, 0.29) is 17.4 Å². The summed E-state index contributed by atoms with van der Waals surface area (Å²) < 4.78 is 5.15. The maximum Gasteiger partial charge on any atom is 0.317 e. The summed E-state index contributed by atoms with van der Waals surface area (Å²) in [7, 11) is 0. The average molecular weight is 306 g/mol. The summed E-state index contributed by atoms with van der Waals surface area (Å²) in [6.45, 7) is 4.49. The SMILES string of the molecule is CCc1cc(CNC(=O)N2CCC3(CC2)CNC(=O)C3)on1. The number of hydrogen-bond donors (Lipinski definition) is 2. The van der Waals surface area contributed by atoms with Crippen LogP contribution in [0.25, 0.3) is 0 Å². The van der Waals surface area contributed by atoms with Crippen LogP contribution in [0.5, 0.6) is 0 Å². The summed E-state index contributed by atoms with van der Waals surface area (Å²) in [5, 5.41) is 9.67. The predicted octanol–water partition coefficient (Wildman–Crippen LogP) is 1.05. The second kappa shape index (κ2) is 5.98. The zero-order valence-corrected chi connectivity index (χ0v) is 12.9. The summed E-state index contributed by atoms with van der Waals surface area (Å²) >= 11 is 0. The highest BCUT2D eigenvalue weighted by Crippen LogP contribution is 2.37. The zero-order chi connectivity index (χ0) is 15.6. The minimum atomic E-state index is -0.0819. The van der Waals surface area contributed by atoms with Crippen molar-refractivity contribution in [3.8, 4) is 0 Å². The largest absolute Gasteiger partial charge is 0.359 e. The first-order chi connectivity index (χ1) is 10.6. The van der Waals surface area contributed by atoms with Crippen molar-refractivity contribution in [3.05, 3.63) is 17.5 Å². The van der Waals surface area contributed by atoms with Gasteiger partial charge in [-0.3, -0.25) is 4.79 Å². The molecule has 0 radical (unpaired) electrons. The van der Waals surface area contributed by atoms with Crippen molar-refractivity contribution >= 4 is 11.9 Å². The van der Waals surface area contributed by atoms with E-state index in [9.17, 15) is 9.59 Å². The molecule has 2 fully saturated rings. The number of rotatable bonds is 3. The lowest BCUT2D eigenvalue weighted by Crippen LogP contribution is -2.47. The Bertz CT molecular complexity index is 561. The first-order valence-electron chi connectivity index (χ1n) is 7.84. The molecule has 1 spiro atoms. The highest BCUT2D eigenvalue weighted by Gasteiger charge is 2.41. The molecule has 0 saturated carbocycles. The van der Waals surface area contributed by atoms with Gasteiger partial charge in [-0.1, -0.05) is 12.1 Å². The lowest BCUT2D eigenvalue weighted by Gasteiger charge is -2.38. The number of piperidine rings is 1. The first kappa shape index (κ1) is 14.9. The number of amides is 3. The molecule has 7 nitrogen and oxygen atoms in total. The van der Waals surface area contributed by atoms with Gasteiger partial charge in [0.2, 0.25) is 5.91 Å². The van der Waals surface area contributed by atoms with E-state index < -0.39 is 0 Å². The standard InChI is InChI=1S/C15H22N4O3/c1-2-11-7-12(22-18-11)9-16-14(21)19-5-3-15(4-6-19)8-13(20)17-10-15/h7H,2-6,8-10H2,1H3,(H,16,21)(H,17,20). The van der Waals surface area contributed by atoms with Crippen LogP contribution in [-0.2, 0) is 17.8 Å². The molecule has 7 heteroatoms. The number of likely N-dealkylation sites (tertiary alicyclic amines) is 1. The highest BCUT2D eigenvalue weighted by atomic mass is 16.5. The normalized spacial score (nSPS) is 20.2. The van der Waals surface area contributed by atoms with Crippen LogP contribution in [0, 0.1) is 5.41 Å². The first-order valence-corrected chi connectivity index (χ1v) is 7.84. The fourth-order valence-corrected chi connectivity index (χ4v) is 3.17. The average Bonchev–Trinajstić information content (AvgIpc) is 3.13. The van der Waals surface area contributed by atoms with Crippen LogP contribution in [0.4, 0.5) is 4.79 Å². The Labute approximate surface area is 129 Å². The van der Waals surface area contributed by atoms with E-state index >= 15 is 0 Å². The van der Waals surface area contributed by atoms with E-state index in [4.69, 9.17) is 4.52 Å². The van der Waals surface area contributed by atoms with E-state index in [0.29, 0.717) is 31.8 Å². The molecule has 3 heterocycles. The topological polar surface area (TPSA) is 87.5 Å². The molecular formula is C15H22N4O3. The quantitative estimate of drug-likeness (QED) is 0.874.